The standard InChI is InChI=1S/C17H24P2/c1-5-12-18(13-6-2)16-10-9-11-17(16)19(14-7-3)15-8-4/h5-11,16H,1-4,12-15H2. The first-order valence-electron chi connectivity index (χ1n) is 6.59. The Morgan fingerprint density at radius 1 is 0.895 bits per heavy atom. The lowest BCUT2D eigenvalue weighted by Crippen LogP contribution is -2.08. The Balaban J connectivity index is 2.86. The highest BCUT2D eigenvalue weighted by Crippen LogP contribution is 2.58. The lowest BCUT2D eigenvalue weighted by Gasteiger charge is -2.28. The predicted molar refractivity (Wildman–Crippen MR) is 95.1 cm³/mol. The zero-order valence-corrected chi connectivity index (χ0v) is 13.5. The van der Waals surface area contributed by atoms with Crippen LogP contribution in [0.3, 0.4) is 0 Å². The fourth-order valence-electron chi connectivity index (χ4n) is 2.29. The van der Waals surface area contributed by atoms with Crippen molar-refractivity contribution in [2.75, 3.05) is 24.6 Å². The Labute approximate surface area is 120 Å². The molecule has 0 aromatic carbocycles. The van der Waals surface area contributed by atoms with E-state index in [1.807, 2.05) is 0 Å². The van der Waals surface area contributed by atoms with Crippen molar-refractivity contribution in [2.45, 2.75) is 5.66 Å². The molecule has 0 heterocycles. The van der Waals surface area contributed by atoms with Crippen molar-refractivity contribution in [2.24, 2.45) is 0 Å². The first-order valence-corrected chi connectivity index (χ1v) is 10.1. The molecule has 0 saturated carbocycles. The summed E-state index contributed by atoms with van der Waals surface area (Å²) in [5.41, 5.74) is 0.608. The van der Waals surface area contributed by atoms with Crippen LogP contribution in [0.15, 0.2) is 74.2 Å². The largest absolute Gasteiger partial charge is 0.103 e. The van der Waals surface area contributed by atoms with Crippen LogP contribution in [0.25, 0.3) is 0 Å². The molecule has 0 aromatic rings. The normalized spacial score (nSPS) is 17.6. The van der Waals surface area contributed by atoms with Crippen molar-refractivity contribution in [3.05, 3.63) is 74.2 Å². The second-order valence-corrected chi connectivity index (χ2v) is 9.23. The minimum atomic E-state index is -0.145. The van der Waals surface area contributed by atoms with E-state index in [0.29, 0.717) is 5.66 Å². The number of hydrogen-bond acceptors (Lipinski definition) is 0. The third-order valence-corrected chi connectivity index (χ3v) is 8.50. The van der Waals surface area contributed by atoms with Gasteiger partial charge in [-0.05, 0) is 30.0 Å². The molecule has 1 unspecified atom stereocenters. The number of allylic oxidation sites excluding steroid dienone is 8. The zero-order chi connectivity index (χ0) is 14.1. The van der Waals surface area contributed by atoms with Gasteiger partial charge in [0, 0.05) is 5.66 Å². The lowest BCUT2D eigenvalue weighted by atomic mass is 10.5. The molecule has 1 atom stereocenters. The fraction of sp³-hybridized carbons (Fsp3) is 0.294. The summed E-state index contributed by atoms with van der Waals surface area (Å²) in [5.74, 6) is 0. The molecule has 0 spiro atoms. The quantitative estimate of drug-likeness (QED) is 0.367. The highest BCUT2D eigenvalue weighted by Gasteiger charge is 2.26. The molecule has 102 valence electrons. The van der Waals surface area contributed by atoms with Crippen LogP contribution in [0.1, 0.15) is 0 Å². The van der Waals surface area contributed by atoms with E-state index >= 15 is 0 Å². The minimum absolute atomic E-state index is 0.0988. The molecule has 0 nitrogen and oxygen atoms in total. The molecule has 1 aliphatic carbocycles. The molecule has 0 N–H and O–H groups in total. The Hall–Kier alpha value is -0.700. The van der Waals surface area contributed by atoms with Crippen molar-refractivity contribution < 1.29 is 0 Å². The smallest absolute Gasteiger partial charge is 0.0234 e. The lowest BCUT2D eigenvalue weighted by molar-refractivity contribution is 1.35. The molecule has 0 radical (unpaired) electrons. The molecule has 1 rings (SSSR count). The van der Waals surface area contributed by atoms with E-state index in [-0.39, 0.29) is 15.8 Å². The molecule has 0 saturated heterocycles. The van der Waals surface area contributed by atoms with Crippen molar-refractivity contribution in [1.29, 1.82) is 0 Å². The number of hydrogen-bond donors (Lipinski definition) is 0. The third kappa shape index (κ3) is 4.72. The van der Waals surface area contributed by atoms with Gasteiger partial charge in [0.25, 0.3) is 0 Å². The molecule has 19 heavy (non-hydrogen) atoms. The Morgan fingerprint density at radius 3 is 1.89 bits per heavy atom. The van der Waals surface area contributed by atoms with Crippen LogP contribution in [0.2, 0.25) is 0 Å². The first-order chi connectivity index (χ1) is 9.28. The van der Waals surface area contributed by atoms with Gasteiger partial charge in [0.1, 0.15) is 0 Å². The van der Waals surface area contributed by atoms with E-state index in [9.17, 15) is 0 Å². The summed E-state index contributed by atoms with van der Waals surface area (Å²) in [5, 5.41) is 1.62. The summed E-state index contributed by atoms with van der Waals surface area (Å²) in [6.45, 7) is 15.6. The van der Waals surface area contributed by atoms with Crippen LogP contribution >= 0.6 is 15.8 Å². The minimum Gasteiger partial charge on any atom is -0.103 e. The SMILES string of the molecule is C=CCP(CC=C)C1=CC=CC1P(CC=C)CC=C. The molecule has 2 heteroatoms. The highest BCUT2D eigenvalue weighted by atomic mass is 31.1. The maximum Gasteiger partial charge on any atom is 0.0234 e. The summed E-state index contributed by atoms with van der Waals surface area (Å²) in [6.07, 6.45) is 19.5. The third-order valence-electron chi connectivity index (χ3n) is 3.05. The molecule has 0 fully saturated rings. The van der Waals surface area contributed by atoms with Gasteiger partial charge in [-0.25, -0.2) is 0 Å². The van der Waals surface area contributed by atoms with Gasteiger partial charge < -0.3 is 0 Å². The topological polar surface area (TPSA) is 0 Å². The van der Waals surface area contributed by atoms with Crippen LogP contribution < -0.4 is 0 Å². The van der Waals surface area contributed by atoms with Crippen LogP contribution in [0, 0.1) is 0 Å². The highest BCUT2D eigenvalue weighted by molar-refractivity contribution is 7.66. The molecule has 1 aliphatic rings. The summed E-state index contributed by atoms with van der Waals surface area (Å²) >= 11 is 0. The zero-order valence-electron chi connectivity index (χ0n) is 11.7. The fourth-order valence-corrected chi connectivity index (χ4v) is 7.29. The molecule has 0 aromatic heterocycles. The van der Waals surface area contributed by atoms with Gasteiger partial charge in [0.2, 0.25) is 0 Å². The van der Waals surface area contributed by atoms with Crippen LogP contribution in [0.4, 0.5) is 0 Å². The van der Waals surface area contributed by atoms with Crippen molar-refractivity contribution in [3.8, 4) is 0 Å². The Bertz CT molecular complexity index is 370. The molecular formula is C17H24P2. The summed E-state index contributed by atoms with van der Waals surface area (Å²) in [7, 11) is -0.244. The Kier molecular flexibility index (Phi) is 7.96. The van der Waals surface area contributed by atoms with E-state index in [0.717, 1.165) is 24.6 Å². The van der Waals surface area contributed by atoms with Gasteiger partial charge in [-0.1, -0.05) is 58.4 Å². The van der Waals surface area contributed by atoms with E-state index in [4.69, 9.17) is 0 Å². The van der Waals surface area contributed by atoms with Crippen molar-refractivity contribution in [3.63, 3.8) is 0 Å². The second kappa shape index (κ2) is 9.24. The second-order valence-electron chi connectivity index (χ2n) is 4.43. The average molecular weight is 290 g/mol. The van der Waals surface area contributed by atoms with E-state index < -0.39 is 0 Å². The monoisotopic (exact) mass is 290 g/mol. The van der Waals surface area contributed by atoms with E-state index in [1.165, 1.54) is 0 Å². The van der Waals surface area contributed by atoms with Crippen molar-refractivity contribution in [1.82, 2.24) is 0 Å². The summed E-state index contributed by atoms with van der Waals surface area (Å²) in [6, 6.07) is 0. The van der Waals surface area contributed by atoms with Gasteiger partial charge in [0.15, 0.2) is 0 Å². The Morgan fingerprint density at radius 2 is 1.42 bits per heavy atom. The molecule has 0 amide bonds. The van der Waals surface area contributed by atoms with Crippen LogP contribution in [0.5, 0.6) is 0 Å². The maximum absolute atomic E-state index is 3.91. The van der Waals surface area contributed by atoms with Gasteiger partial charge >= 0.3 is 0 Å². The van der Waals surface area contributed by atoms with E-state index in [2.05, 4.69) is 68.8 Å². The predicted octanol–water partition coefficient (Wildman–Crippen LogP) is 5.52. The first kappa shape index (κ1) is 16.4. The average Bonchev–Trinajstić information content (AvgIpc) is 2.87. The number of rotatable bonds is 10. The van der Waals surface area contributed by atoms with Gasteiger partial charge in [-0.2, -0.15) is 0 Å². The van der Waals surface area contributed by atoms with Crippen molar-refractivity contribution >= 4 is 15.8 Å². The molecule has 0 aliphatic heterocycles. The van der Waals surface area contributed by atoms with E-state index in [1.54, 1.807) is 5.31 Å². The van der Waals surface area contributed by atoms with Gasteiger partial charge in [-0.3, -0.25) is 0 Å². The van der Waals surface area contributed by atoms with Crippen LogP contribution in [-0.4, -0.2) is 30.3 Å². The van der Waals surface area contributed by atoms with Gasteiger partial charge in [-0.15, -0.1) is 26.3 Å². The van der Waals surface area contributed by atoms with Gasteiger partial charge in [0.05, 0.1) is 0 Å². The summed E-state index contributed by atoms with van der Waals surface area (Å²) in [4.78, 5) is 0. The van der Waals surface area contributed by atoms with Crippen LogP contribution in [-0.2, 0) is 0 Å². The summed E-state index contributed by atoms with van der Waals surface area (Å²) < 4.78 is 0. The molecular weight excluding hydrogens is 266 g/mol. The molecule has 0 bridgehead atoms. The maximum atomic E-state index is 3.91.